The predicted molar refractivity (Wildman–Crippen MR) is 92.7 cm³/mol. The molecular weight excluding hydrogens is 354 g/mol. The first-order valence-electron chi connectivity index (χ1n) is 8.68. The van der Waals surface area contributed by atoms with Crippen LogP contribution in [0.3, 0.4) is 0 Å². The molecule has 3 heterocycles. The van der Waals surface area contributed by atoms with Gasteiger partial charge in [-0.15, -0.1) is 0 Å². The lowest BCUT2D eigenvalue weighted by Crippen LogP contribution is -2.33. The number of aliphatic hydroxyl groups excluding tert-OH is 3. The van der Waals surface area contributed by atoms with E-state index >= 15 is 0 Å². The lowest BCUT2D eigenvalue weighted by Gasteiger charge is -2.16. The molecule has 2 aromatic heterocycles. The fraction of sp³-hybridized carbons (Fsp3) is 0.294. The van der Waals surface area contributed by atoms with E-state index in [-0.39, 0.29) is 28.6 Å². The monoisotopic (exact) mass is 372 g/mol. The Bertz CT molecular complexity index is 1030. The number of anilines is 1. The van der Waals surface area contributed by atoms with E-state index in [9.17, 15) is 20.1 Å². The maximum Gasteiger partial charge on any atom is 0.256 e. The number of hydrogen-bond donors (Lipinski definition) is 4. The molecule has 0 bridgehead atoms. The van der Waals surface area contributed by atoms with E-state index < -0.39 is 37.1 Å². The van der Waals surface area contributed by atoms with E-state index in [1.54, 1.807) is 12.1 Å². The molecule has 140 valence electrons. The molecule has 10 nitrogen and oxygen atoms in total. The minimum Gasteiger partial charge on any atom is -0.394 e. The van der Waals surface area contributed by atoms with Gasteiger partial charge >= 0.3 is 0 Å². The van der Waals surface area contributed by atoms with Gasteiger partial charge in [0.15, 0.2) is 23.2 Å². The van der Waals surface area contributed by atoms with Gasteiger partial charge in [0, 0.05) is 5.56 Å². The molecule has 0 saturated carbocycles. The van der Waals surface area contributed by atoms with Crippen molar-refractivity contribution in [1.82, 2.24) is 19.5 Å². The van der Waals surface area contributed by atoms with Gasteiger partial charge in [-0.2, -0.15) is 0 Å². The van der Waals surface area contributed by atoms with Crippen LogP contribution >= 0.6 is 0 Å². The van der Waals surface area contributed by atoms with Gasteiger partial charge in [0.05, 0.1) is 14.3 Å². The Kier molecular flexibility index (Phi) is 4.22. The summed E-state index contributed by atoms with van der Waals surface area (Å²) < 4.78 is 14.7. The predicted octanol–water partition coefficient (Wildman–Crippen LogP) is -0.310. The van der Waals surface area contributed by atoms with E-state index in [0.29, 0.717) is 0 Å². The SMILES string of the molecule is [2H]c1ccccc1C(=O)Nc1ncnc2c1ncn2[C@@H]1O[C@H](CO)[C@@H](O)[C@H]1O. The van der Waals surface area contributed by atoms with Crippen LogP contribution in [0.2, 0.25) is 0 Å². The van der Waals surface area contributed by atoms with Gasteiger partial charge in [0.2, 0.25) is 0 Å². The Hall–Kier alpha value is -2.92. The van der Waals surface area contributed by atoms with Crippen molar-refractivity contribution in [3.05, 3.63) is 48.5 Å². The molecular formula is C17H17N5O5. The third-order valence-corrected chi connectivity index (χ3v) is 4.34. The highest BCUT2D eigenvalue weighted by atomic mass is 16.6. The second-order valence-corrected chi connectivity index (χ2v) is 6.01. The Labute approximate surface area is 154 Å². The molecule has 1 saturated heterocycles. The van der Waals surface area contributed by atoms with Crippen molar-refractivity contribution in [3.8, 4) is 0 Å². The highest BCUT2D eigenvalue weighted by Crippen LogP contribution is 2.32. The molecule has 0 spiro atoms. The standard InChI is InChI=1S/C17H17N5O5/c23-6-10-12(24)13(25)17(27-10)22-8-20-11-14(18-7-19-15(11)22)21-16(26)9-4-2-1-3-5-9/h1-5,7-8,10,12-13,17,23-25H,6H2,(H,18,19,21,26)/t10-,12-,13-,17-/m1/s1/i4D. The molecule has 27 heavy (non-hydrogen) atoms. The molecule has 1 aromatic carbocycles. The van der Waals surface area contributed by atoms with Crippen molar-refractivity contribution in [2.75, 3.05) is 11.9 Å². The topological polar surface area (TPSA) is 143 Å². The van der Waals surface area contributed by atoms with Crippen LogP contribution in [0, 0.1) is 0 Å². The van der Waals surface area contributed by atoms with Gasteiger partial charge in [0.25, 0.3) is 5.91 Å². The summed E-state index contributed by atoms with van der Waals surface area (Å²) in [7, 11) is 0. The van der Waals surface area contributed by atoms with Crippen molar-refractivity contribution >= 4 is 22.9 Å². The van der Waals surface area contributed by atoms with Gasteiger partial charge in [-0.3, -0.25) is 9.36 Å². The number of carbonyl (C=O) groups is 1. The average molecular weight is 372 g/mol. The molecule has 1 amide bonds. The first kappa shape index (κ1) is 16.3. The Morgan fingerprint density at radius 2 is 2.11 bits per heavy atom. The number of ether oxygens (including phenoxy) is 1. The quantitative estimate of drug-likeness (QED) is 0.488. The summed E-state index contributed by atoms with van der Waals surface area (Å²) in [5, 5.41) is 32.0. The second kappa shape index (κ2) is 7.00. The number of carbonyl (C=O) groups excluding carboxylic acids is 1. The normalized spacial score (nSPS) is 25.5. The van der Waals surface area contributed by atoms with E-state index in [4.69, 9.17) is 6.11 Å². The first-order valence-corrected chi connectivity index (χ1v) is 8.18. The molecule has 3 aromatic rings. The first-order chi connectivity index (χ1) is 13.5. The molecule has 1 aliphatic heterocycles. The Balaban J connectivity index is 1.66. The van der Waals surface area contributed by atoms with Gasteiger partial charge < -0.3 is 25.4 Å². The van der Waals surface area contributed by atoms with Crippen molar-refractivity contribution < 1.29 is 26.2 Å². The summed E-state index contributed by atoms with van der Waals surface area (Å²) in [6.07, 6.45) is -1.95. The fourth-order valence-electron chi connectivity index (χ4n) is 2.95. The lowest BCUT2D eigenvalue weighted by molar-refractivity contribution is -0.0511. The molecule has 0 radical (unpaired) electrons. The number of imidazole rings is 1. The molecule has 1 fully saturated rings. The van der Waals surface area contributed by atoms with Gasteiger partial charge in [0.1, 0.15) is 24.6 Å². The highest BCUT2D eigenvalue weighted by molar-refractivity contribution is 6.06. The summed E-state index contributed by atoms with van der Waals surface area (Å²) in [5.41, 5.74) is 0.688. The van der Waals surface area contributed by atoms with Gasteiger partial charge in [-0.25, -0.2) is 15.0 Å². The van der Waals surface area contributed by atoms with Crippen LogP contribution in [0.5, 0.6) is 0 Å². The number of hydrogen-bond acceptors (Lipinski definition) is 8. The third kappa shape index (κ3) is 3.04. The van der Waals surface area contributed by atoms with Crippen molar-refractivity contribution in [2.24, 2.45) is 0 Å². The van der Waals surface area contributed by atoms with Crippen LogP contribution in [0.15, 0.2) is 43.0 Å². The van der Waals surface area contributed by atoms with Gasteiger partial charge in [-0.1, -0.05) is 18.2 Å². The minimum absolute atomic E-state index is 0.0716. The van der Waals surface area contributed by atoms with Crippen molar-refractivity contribution in [3.63, 3.8) is 0 Å². The smallest absolute Gasteiger partial charge is 0.256 e. The fourth-order valence-corrected chi connectivity index (χ4v) is 2.95. The second-order valence-electron chi connectivity index (χ2n) is 6.01. The summed E-state index contributed by atoms with van der Waals surface area (Å²) in [6, 6.07) is 6.40. The van der Waals surface area contributed by atoms with E-state index in [0.717, 1.165) is 0 Å². The molecule has 10 heteroatoms. The zero-order valence-corrected chi connectivity index (χ0v) is 13.9. The number of rotatable bonds is 4. The number of fused-ring (bicyclic) bond motifs is 1. The number of aliphatic hydroxyl groups is 3. The number of benzene rings is 1. The Morgan fingerprint density at radius 1 is 1.26 bits per heavy atom. The van der Waals surface area contributed by atoms with Crippen LogP contribution < -0.4 is 5.32 Å². The zero-order chi connectivity index (χ0) is 19.8. The molecule has 4 N–H and O–H groups in total. The maximum absolute atomic E-state index is 12.5. The molecule has 4 atom stereocenters. The van der Waals surface area contributed by atoms with Crippen LogP contribution in [-0.2, 0) is 4.74 Å². The number of nitrogens with zero attached hydrogens (tertiary/aromatic N) is 4. The van der Waals surface area contributed by atoms with Gasteiger partial charge in [-0.05, 0) is 12.1 Å². The largest absolute Gasteiger partial charge is 0.394 e. The number of aromatic nitrogens is 4. The molecule has 0 unspecified atom stereocenters. The van der Waals surface area contributed by atoms with Crippen LogP contribution in [0.1, 0.15) is 18.0 Å². The summed E-state index contributed by atoms with van der Waals surface area (Å²) in [4.78, 5) is 24.8. The van der Waals surface area contributed by atoms with Crippen LogP contribution in [-0.4, -0.2) is 65.7 Å². The molecule has 0 aliphatic carbocycles. The zero-order valence-electron chi connectivity index (χ0n) is 14.9. The van der Waals surface area contributed by atoms with E-state index in [1.807, 2.05) is 0 Å². The molecule has 4 rings (SSSR count). The Morgan fingerprint density at radius 3 is 2.85 bits per heavy atom. The molecule has 1 aliphatic rings. The summed E-state index contributed by atoms with van der Waals surface area (Å²) in [5.74, 6) is -0.392. The van der Waals surface area contributed by atoms with E-state index in [2.05, 4.69) is 20.3 Å². The maximum atomic E-state index is 12.5. The van der Waals surface area contributed by atoms with Crippen LogP contribution in [0.25, 0.3) is 11.2 Å². The average Bonchev–Trinajstić information content (AvgIpc) is 3.24. The third-order valence-electron chi connectivity index (χ3n) is 4.34. The lowest BCUT2D eigenvalue weighted by atomic mass is 10.1. The highest BCUT2D eigenvalue weighted by Gasteiger charge is 2.44. The number of nitrogens with one attached hydrogen (secondary N) is 1. The van der Waals surface area contributed by atoms with Crippen molar-refractivity contribution in [1.29, 1.82) is 0 Å². The summed E-state index contributed by atoms with van der Waals surface area (Å²) >= 11 is 0. The van der Waals surface area contributed by atoms with Crippen molar-refractivity contribution in [2.45, 2.75) is 24.5 Å². The minimum atomic E-state index is -1.29. The van der Waals surface area contributed by atoms with Crippen LogP contribution in [0.4, 0.5) is 5.82 Å². The summed E-state index contributed by atoms with van der Waals surface area (Å²) in [6.45, 7) is -0.454. The van der Waals surface area contributed by atoms with E-state index in [1.165, 1.54) is 29.4 Å². The number of amides is 1.